The van der Waals surface area contributed by atoms with Gasteiger partial charge in [-0.25, -0.2) is 4.98 Å². The van der Waals surface area contributed by atoms with Gasteiger partial charge in [0.2, 0.25) is 0 Å². The van der Waals surface area contributed by atoms with Gasteiger partial charge in [0.25, 0.3) is 5.56 Å². The minimum Gasteiger partial charge on any atom is -0.331 e. The molecule has 0 saturated heterocycles. The summed E-state index contributed by atoms with van der Waals surface area (Å²) >= 11 is 9.39. The minimum atomic E-state index is -6.01. The predicted octanol–water partition coefficient (Wildman–Crippen LogP) is 5.12. The Morgan fingerprint density at radius 3 is 2.14 bits per heavy atom. The topological polar surface area (TPSA) is 46.9 Å². The first kappa shape index (κ1) is 22.3. The van der Waals surface area contributed by atoms with E-state index in [4.69, 9.17) is 11.6 Å². The van der Waals surface area contributed by atoms with Crippen LogP contribution in [-0.2, 0) is 12.1 Å². The van der Waals surface area contributed by atoms with Crippen LogP contribution in [0.4, 0.5) is 40.8 Å². The number of nitrogens with one attached hydrogen (secondary N) is 1. The van der Waals surface area contributed by atoms with Gasteiger partial charge >= 0.3 is 18.3 Å². The van der Waals surface area contributed by atoms with Crippen molar-refractivity contribution in [2.45, 2.75) is 25.2 Å². The molecule has 0 bridgehead atoms. The van der Waals surface area contributed by atoms with Gasteiger partial charge in [-0.2, -0.15) is 35.1 Å². The molecule has 0 aliphatic heterocycles. The van der Waals surface area contributed by atoms with Crippen LogP contribution in [0.15, 0.2) is 23.3 Å². The molecule has 14 heteroatoms. The number of anilines is 1. The SMILES string of the molecule is Cc1c(C(F)(F)C(F)(F)F)ncn(-c2c(Cl)cc(C(F)(F)F)cc2NS)c1=O. The molecule has 0 spiro atoms. The number of benzene rings is 1. The third-order valence-corrected chi connectivity index (χ3v) is 4.13. The zero-order valence-corrected chi connectivity index (χ0v) is 15.0. The number of hydrogen-bond donors (Lipinski definition) is 2. The molecule has 2 rings (SSSR count). The summed E-state index contributed by atoms with van der Waals surface area (Å²) in [7, 11) is 0. The fourth-order valence-electron chi connectivity index (χ4n) is 2.25. The third kappa shape index (κ3) is 3.77. The number of aromatic nitrogens is 2. The molecule has 2 aromatic rings. The second-order valence-electron chi connectivity index (χ2n) is 5.43. The molecule has 4 nitrogen and oxygen atoms in total. The summed E-state index contributed by atoms with van der Waals surface area (Å²) in [6, 6.07) is 0.972. The van der Waals surface area contributed by atoms with Gasteiger partial charge in [0.15, 0.2) is 0 Å². The number of alkyl halides is 8. The van der Waals surface area contributed by atoms with Crippen LogP contribution in [0.5, 0.6) is 0 Å². The Kier molecular flexibility index (Phi) is 5.65. The second-order valence-corrected chi connectivity index (χ2v) is 6.06. The molecule has 1 aromatic carbocycles. The van der Waals surface area contributed by atoms with Crippen molar-refractivity contribution in [1.29, 1.82) is 0 Å². The first-order valence-electron chi connectivity index (χ1n) is 6.97. The highest BCUT2D eigenvalue weighted by molar-refractivity contribution is 7.81. The molecule has 0 radical (unpaired) electrons. The summed E-state index contributed by atoms with van der Waals surface area (Å²) in [4.78, 5) is 15.4. The van der Waals surface area contributed by atoms with E-state index in [2.05, 4.69) is 22.5 Å². The smallest absolute Gasteiger partial charge is 0.331 e. The Morgan fingerprint density at radius 2 is 1.68 bits per heavy atom. The molecule has 0 saturated carbocycles. The van der Waals surface area contributed by atoms with E-state index in [9.17, 15) is 39.9 Å². The Labute approximate surface area is 161 Å². The van der Waals surface area contributed by atoms with E-state index in [0.29, 0.717) is 30.0 Å². The average Bonchev–Trinajstić information content (AvgIpc) is 2.55. The van der Waals surface area contributed by atoms with E-state index in [1.807, 2.05) is 0 Å². The van der Waals surface area contributed by atoms with E-state index >= 15 is 0 Å². The normalized spacial score (nSPS) is 13.0. The van der Waals surface area contributed by atoms with Crippen LogP contribution < -0.4 is 10.3 Å². The summed E-state index contributed by atoms with van der Waals surface area (Å²) in [5.41, 5.74) is -6.42. The van der Waals surface area contributed by atoms with Crippen LogP contribution in [0, 0.1) is 6.92 Å². The van der Waals surface area contributed by atoms with E-state index in [1.165, 1.54) is 0 Å². The maximum atomic E-state index is 13.5. The lowest BCUT2D eigenvalue weighted by Gasteiger charge is -2.21. The number of hydrogen-bond acceptors (Lipinski definition) is 4. The van der Waals surface area contributed by atoms with Gasteiger partial charge in [0, 0.05) is 5.56 Å². The zero-order valence-electron chi connectivity index (χ0n) is 13.4. The summed E-state index contributed by atoms with van der Waals surface area (Å²) < 4.78 is 106. The molecule has 1 N–H and O–H groups in total. The van der Waals surface area contributed by atoms with Crippen molar-refractivity contribution in [3.05, 3.63) is 50.7 Å². The number of thiol groups is 1. The van der Waals surface area contributed by atoms with Crippen LogP contribution in [0.25, 0.3) is 5.69 Å². The maximum absolute atomic E-state index is 13.5. The average molecular weight is 454 g/mol. The van der Waals surface area contributed by atoms with E-state index < -0.39 is 57.1 Å². The van der Waals surface area contributed by atoms with Crippen molar-refractivity contribution in [3.63, 3.8) is 0 Å². The summed E-state index contributed by atoms with van der Waals surface area (Å²) in [6.45, 7) is 0.673. The van der Waals surface area contributed by atoms with Crippen molar-refractivity contribution in [3.8, 4) is 5.69 Å². The van der Waals surface area contributed by atoms with Crippen molar-refractivity contribution in [1.82, 2.24) is 9.55 Å². The quantitative estimate of drug-likeness (QED) is 0.501. The third-order valence-electron chi connectivity index (χ3n) is 3.60. The van der Waals surface area contributed by atoms with Crippen LogP contribution in [0.2, 0.25) is 5.02 Å². The number of halogens is 9. The van der Waals surface area contributed by atoms with Gasteiger partial charge in [-0.05, 0) is 19.1 Å². The van der Waals surface area contributed by atoms with Gasteiger partial charge in [0.05, 0.1) is 22.0 Å². The highest BCUT2D eigenvalue weighted by Crippen LogP contribution is 2.44. The van der Waals surface area contributed by atoms with Gasteiger partial charge in [0.1, 0.15) is 12.0 Å². The molecular formula is C14H8ClF8N3OS. The standard InChI is InChI=1S/C14H8ClF8N3OS/c1-5-10(12(16,17)14(21,22)23)24-4-26(11(5)27)9-7(15)2-6(13(18,19)20)3-8(9)25-28/h2-4,25,28H,1H3. The van der Waals surface area contributed by atoms with E-state index in [1.54, 1.807) is 0 Å². The highest BCUT2D eigenvalue weighted by atomic mass is 35.5. The van der Waals surface area contributed by atoms with Crippen molar-refractivity contribution in [2.24, 2.45) is 0 Å². The van der Waals surface area contributed by atoms with Gasteiger partial charge in [-0.15, -0.1) is 0 Å². The van der Waals surface area contributed by atoms with Crippen LogP contribution in [0.3, 0.4) is 0 Å². The van der Waals surface area contributed by atoms with E-state index in [-0.39, 0.29) is 0 Å². The Morgan fingerprint density at radius 1 is 1.11 bits per heavy atom. The highest BCUT2D eigenvalue weighted by Gasteiger charge is 2.60. The molecule has 0 aliphatic carbocycles. The van der Waals surface area contributed by atoms with Gasteiger partial charge in [-0.1, -0.05) is 24.4 Å². The summed E-state index contributed by atoms with van der Waals surface area (Å²) in [6.07, 6.45) is -10.5. The van der Waals surface area contributed by atoms with Gasteiger partial charge in [-0.3, -0.25) is 9.36 Å². The maximum Gasteiger partial charge on any atom is 0.459 e. The lowest BCUT2D eigenvalue weighted by Crippen LogP contribution is -2.38. The van der Waals surface area contributed by atoms with Crippen LogP contribution in [0.1, 0.15) is 16.8 Å². The largest absolute Gasteiger partial charge is 0.459 e. The minimum absolute atomic E-state index is 0.313. The molecular weight excluding hydrogens is 446 g/mol. The Balaban J connectivity index is 2.75. The zero-order chi connectivity index (χ0) is 21.7. The van der Waals surface area contributed by atoms with Gasteiger partial charge < -0.3 is 4.72 Å². The molecule has 0 aliphatic rings. The lowest BCUT2D eigenvalue weighted by molar-refractivity contribution is -0.291. The first-order chi connectivity index (χ1) is 12.6. The first-order valence-corrected chi connectivity index (χ1v) is 7.80. The molecule has 1 aromatic heterocycles. The Bertz CT molecular complexity index is 971. The lowest BCUT2D eigenvalue weighted by atomic mass is 10.1. The fourth-order valence-corrected chi connectivity index (χ4v) is 2.73. The number of nitrogens with zero attached hydrogens (tertiary/aromatic N) is 2. The Hall–Kier alpha value is -2.02. The number of rotatable bonds is 3. The van der Waals surface area contributed by atoms with Crippen LogP contribution in [-0.4, -0.2) is 15.7 Å². The summed E-state index contributed by atoms with van der Waals surface area (Å²) in [5, 5.41) is -0.648. The van der Waals surface area contributed by atoms with Crippen molar-refractivity contribution >= 4 is 30.1 Å². The molecule has 0 fully saturated rings. The molecule has 0 atom stereocenters. The molecule has 0 unspecified atom stereocenters. The molecule has 0 amide bonds. The molecule has 28 heavy (non-hydrogen) atoms. The fraction of sp³-hybridized carbons (Fsp3) is 0.286. The van der Waals surface area contributed by atoms with E-state index in [0.717, 1.165) is 0 Å². The second kappa shape index (κ2) is 7.10. The summed E-state index contributed by atoms with van der Waals surface area (Å²) in [5.74, 6) is -5.41. The van der Waals surface area contributed by atoms with Crippen molar-refractivity contribution in [2.75, 3.05) is 4.72 Å². The molecule has 1 heterocycles. The monoisotopic (exact) mass is 453 g/mol. The van der Waals surface area contributed by atoms with Crippen molar-refractivity contribution < 1.29 is 35.1 Å². The van der Waals surface area contributed by atoms with Crippen LogP contribution >= 0.6 is 24.4 Å². The molecule has 154 valence electrons. The predicted molar refractivity (Wildman–Crippen MR) is 87.1 cm³/mol.